The molecule has 2 unspecified atom stereocenters. The maximum Gasteiger partial charge on any atom is 0.244 e. The predicted molar refractivity (Wildman–Crippen MR) is 150 cm³/mol. The summed E-state index contributed by atoms with van der Waals surface area (Å²) in [6, 6.07) is 19.8. The third kappa shape index (κ3) is 7.84. The topological polar surface area (TPSA) is 35.1 Å². The second-order valence-corrected chi connectivity index (χ2v) is 10.5. The average molecular weight is 657 g/mol. The van der Waals surface area contributed by atoms with E-state index >= 15 is 0 Å². The van der Waals surface area contributed by atoms with Crippen LogP contribution in [-0.2, 0) is 17.9 Å². The maximum atomic E-state index is 13.3. The minimum Gasteiger partial charge on any atom is -1.00 e. The minimum absolute atomic E-state index is 0. The van der Waals surface area contributed by atoms with Crippen LogP contribution in [0.4, 0.5) is 0 Å². The van der Waals surface area contributed by atoms with E-state index in [0.29, 0.717) is 32.2 Å². The lowest BCUT2D eigenvalue weighted by atomic mass is 10.0. The fraction of sp³-hybridized carbons (Fsp3) is 0.241. The van der Waals surface area contributed by atoms with Gasteiger partial charge in [0.25, 0.3) is 0 Å². The number of benzene rings is 3. The van der Waals surface area contributed by atoms with Crippen molar-refractivity contribution in [3.05, 3.63) is 122 Å². The smallest absolute Gasteiger partial charge is 0.244 e. The van der Waals surface area contributed by atoms with E-state index in [1.807, 2.05) is 70.3 Å². The fourth-order valence-corrected chi connectivity index (χ4v) is 5.20. The molecule has 0 saturated heterocycles. The van der Waals surface area contributed by atoms with E-state index in [9.17, 15) is 4.79 Å². The quantitative estimate of drug-likeness (QED) is 0.156. The van der Waals surface area contributed by atoms with Crippen molar-refractivity contribution < 1.29 is 31.1 Å². The van der Waals surface area contributed by atoms with Gasteiger partial charge in [-0.15, -0.1) is 0 Å². The molecular formula is C29H27BrCl4N2O2. The zero-order valence-electron chi connectivity index (χ0n) is 20.7. The zero-order chi connectivity index (χ0) is 26.4. The summed E-state index contributed by atoms with van der Waals surface area (Å²) in [6.07, 6.45) is 7.03. The number of Topliss-reactive ketones (excluding diaryl/α,β-unsaturated/α-hetero) is 1. The Morgan fingerprint density at radius 3 is 2.29 bits per heavy atom. The number of carbonyl (C=O) groups is 1. The van der Waals surface area contributed by atoms with Gasteiger partial charge in [0.15, 0.2) is 6.04 Å². The lowest BCUT2D eigenvalue weighted by Crippen LogP contribution is -3.00. The number of rotatable bonds is 11. The monoisotopic (exact) mass is 654 g/mol. The summed E-state index contributed by atoms with van der Waals surface area (Å²) in [5.74, 6) is 0.0936. The van der Waals surface area contributed by atoms with Gasteiger partial charge in [-0.2, -0.15) is 0 Å². The summed E-state index contributed by atoms with van der Waals surface area (Å²) in [5, 5.41) is 2.17. The van der Waals surface area contributed by atoms with Crippen molar-refractivity contribution in [1.29, 1.82) is 0 Å². The van der Waals surface area contributed by atoms with Crippen LogP contribution in [0, 0.1) is 0 Å². The third-order valence-corrected chi connectivity index (χ3v) is 7.29. The Balaban J connectivity index is 0.00000400. The van der Waals surface area contributed by atoms with E-state index in [-0.39, 0.29) is 35.4 Å². The summed E-state index contributed by atoms with van der Waals surface area (Å²) in [5.41, 5.74) is 2.33. The molecule has 4 nitrogen and oxygen atoms in total. The standard InChI is InChI=1S/C29H27Cl4N2O2.BrH/c1-2-6-27(29(36)20-7-4-3-5-8-20)35-14-13-34(19-35)17-28(24-12-11-23(31)16-26(24)33)37-18-21-9-10-22(30)15-25(21)32;/h3-5,7-16,19,27-28H,2,6,17-18H2,1H3;1H/q+1;/p-1. The molecule has 0 aliphatic rings. The number of ether oxygens (including phenoxy) is 1. The Labute approximate surface area is 253 Å². The largest absolute Gasteiger partial charge is 1.00 e. The predicted octanol–water partition coefficient (Wildman–Crippen LogP) is 5.58. The van der Waals surface area contributed by atoms with E-state index in [4.69, 9.17) is 51.1 Å². The van der Waals surface area contributed by atoms with Gasteiger partial charge in [0.05, 0.1) is 6.61 Å². The van der Waals surface area contributed by atoms with Crippen LogP contribution >= 0.6 is 46.4 Å². The van der Waals surface area contributed by atoms with Gasteiger partial charge in [0, 0.05) is 31.2 Å². The van der Waals surface area contributed by atoms with Gasteiger partial charge in [0.2, 0.25) is 12.1 Å². The first-order valence-corrected chi connectivity index (χ1v) is 13.5. The molecule has 0 aliphatic carbocycles. The Bertz CT molecular complexity index is 1360. The molecule has 4 rings (SSSR count). The van der Waals surface area contributed by atoms with Gasteiger partial charge in [-0.3, -0.25) is 4.79 Å². The van der Waals surface area contributed by atoms with Crippen LogP contribution in [0.2, 0.25) is 20.1 Å². The van der Waals surface area contributed by atoms with Crippen LogP contribution in [0.25, 0.3) is 0 Å². The van der Waals surface area contributed by atoms with E-state index in [2.05, 4.69) is 6.92 Å². The average Bonchev–Trinajstić information content (AvgIpc) is 3.34. The van der Waals surface area contributed by atoms with Crippen molar-refractivity contribution in [2.24, 2.45) is 0 Å². The van der Waals surface area contributed by atoms with Crippen LogP contribution in [0.5, 0.6) is 0 Å². The van der Waals surface area contributed by atoms with Crippen molar-refractivity contribution in [2.45, 2.75) is 45.1 Å². The minimum atomic E-state index is -0.396. The van der Waals surface area contributed by atoms with Crippen LogP contribution in [0.15, 0.2) is 85.5 Å². The molecule has 0 N–H and O–H groups in total. The van der Waals surface area contributed by atoms with Crippen LogP contribution in [0.1, 0.15) is 53.4 Å². The molecule has 2 atom stereocenters. The molecule has 0 radical (unpaired) electrons. The Morgan fingerprint density at radius 1 is 0.947 bits per heavy atom. The van der Waals surface area contributed by atoms with Gasteiger partial charge in [-0.1, -0.05) is 102 Å². The number of halogens is 5. The molecule has 200 valence electrons. The van der Waals surface area contributed by atoms with Crippen molar-refractivity contribution in [3.63, 3.8) is 0 Å². The molecule has 1 aromatic heterocycles. The van der Waals surface area contributed by atoms with Crippen LogP contribution in [-0.4, -0.2) is 10.4 Å². The van der Waals surface area contributed by atoms with E-state index in [1.54, 1.807) is 24.3 Å². The molecule has 0 saturated carbocycles. The fourth-order valence-electron chi connectivity index (χ4n) is 4.21. The van der Waals surface area contributed by atoms with E-state index in [1.165, 1.54) is 0 Å². The highest BCUT2D eigenvalue weighted by molar-refractivity contribution is 6.35. The Kier molecular flexibility index (Phi) is 11.7. The summed E-state index contributed by atoms with van der Waals surface area (Å²) in [7, 11) is 0. The number of ketones is 1. The molecule has 3 aromatic carbocycles. The highest BCUT2D eigenvalue weighted by Gasteiger charge is 2.27. The Morgan fingerprint density at radius 2 is 1.63 bits per heavy atom. The normalized spacial score (nSPS) is 12.6. The summed E-state index contributed by atoms with van der Waals surface area (Å²) in [4.78, 5) is 13.3. The van der Waals surface area contributed by atoms with Crippen molar-refractivity contribution in [3.8, 4) is 0 Å². The molecule has 4 aromatic rings. The van der Waals surface area contributed by atoms with Crippen molar-refractivity contribution in [1.82, 2.24) is 4.57 Å². The molecule has 0 fully saturated rings. The number of imidazole rings is 1. The molecule has 0 aliphatic heterocycles. The lowest BCUT2D eigenvalue weighted by Gasteiger charge is -2.19. The first-order chi connectivity index (χ1) is 17.9. The number of hydrogen-bond acceptors (Lipinski definition) is 2. The van der Waals surface area contributed by atoms with Crippen LogP contribution < -0.4 is 21.5 Å². The maximum absolute atomic E-state index is 13.3. The number of carbonyl (C=O) groups excluding carboxylic acids is 1. The molecule has 0 bridgehead atoms. The van der Waals surface area contributed by atoms with E-state index < -0.39 is 6.10 Å². The van der Waals surface area contributed by atoms with Gasteiger partial charge < -0.3 is 21.7 Å². The number of hydrogen-bond donors (Lipinski definition) is 0. The molecule has 38 heavy (non-hydrogen) atoms. The summed E-state index contributed by atoms with van der Waals surface area (Å²) < 4.78 is 10.3. The van der Waals surface area contributed by atoms with Gasteiger partial charge in [-0.05, 0) is 36.2 Å². The van der Waals surface area contributed by atoms with E-state index in [0.717, 1.165) is 24.0 Å². The highest BCUT2D eigenvalue weighted by Crippen LogP contribution is 2.31. The second kappa shape index (κ2) is 14.5. The van der Waals surface area contributed by atoms with Gasteiger partial charge in [-0.25, -0.2) is 9.13 Å². The second-order valence-electron chi connectivity index (χ2n) is 8.79. The van der Waals surface area contributed by atoms with Crippen molar-refractivity contribution >= 4 is 52.2 Å². The van der Waals surface area contributed by atoms with Gasteiger partial charge in [0.1, 0.15) is 25.0 Å². The summed E-state index contributed by atoms with van der Waals surface area (Å²) in [6.45, 7) is 2.82. The lowest BCUT2D eigenvalue weighted by molar-refractivity contribution is -0.708. The first-order valence-electron chi connectivity index (χ1n) is 12.0. The molecular weight excluding hydrogens is 630 g/mol. The number of aromatic nitrogens is 2. The molecule has 9 heteroatoms. The highest BCUT2D eigenvalue weighted by atomic mass is 79.9. The first kappa shape index (κ1) is 30.7. The Hall–Kier alpha value is -1.86. The third-order valence-electron chi connectivity index (χ3n) is 6.14. The van der Waals surface area contributed by atoms with Crippen LogP contribution in [0.3, 0.4) is 0 Å². The number of nitrogens with zero attached hydrogens (tertiary/aromatic N) is 2. The van der Waals surface area contributed by atoms with Crippen molar-refractivity contribution in [2.75, 3.05) is 0 Å². The van der Waals surface area contributed by atoms with Gasteiger partial charge >= 0.3 is 0 Å². The SMILES string of the molecule is CCCC(C(=O)c1ccccc1)[n+]1ccn(CC(OCc2ccc(Cl)cc2Cl)c2ccc(Cl)cc2Cl)c1.[Br-]. The molecule has 0 amide bonds. The molecule has 1 heterocycles. The zero-order valence-corrected chi connectivity index (χ0v) is 25.3. The summed E-state index contributed by atoms with van der Waals surface area (Å²) >= 11 is 25.1. The molecule has 0 spiro atoms.